The lowest BCUT2D eigenvalue weighted by atomic mass is 10.2. The Hall–Kier alpha value is -2.37. The smallest absolute Gasteiger partial charge is 0.283 e. The summed E-state index contributed by atoms with van der Waals surface area (Å²) in [6.07, 6.45) is 1.60. The maximum Gasteiger partial charge on any atom is 0.283 e. The zero-order chi connectivity index (χ0) is 17.1. The summed E-state index contributed by atoms with van der Waals surface area (Å²) < 4.78 is 6.09. The fourth-order valence-electron chi connectivity index (χ4n) is 2.19. The molecule has 122 valence electrons. The van der Waals surface area contributed by atoms with Crippen LogP contribution in [0.25, 0.3) is 10.1 Å². The van der Waals surface area contributed by atoms with Crippen molar-refractivity contribution in [3.63, 3.8) is 0 Å². The molecular formula is C18H15ClN2O2S. The number of halogens is 1. The molecule has 1 amide bonds. The molecule has 0 saturated carbocycles. The molecule has 0 aliphatic carbocycles. The van der Waals surface area contributed by atoms with E-state index in [0.717, 1.165) is 21.4 Å². The molecule has 3 aromatic rings. The van der Waals surface area contributed by atoms with Crippen molar-refractivity contribution in [3.8, 4) is 5.75 Å². The van der Waals surface area contributed by atoms with Crippen LogP contribution in [0.4, 0.5) is 0 Å². The molecule has 1 aromatic heterocycles. The fraction of sp³-hybridized carbons (Fsp3) is 0.111. The molecular weight excluding hydrogens is 344 g/mol. The van der Waals surface area contributed by atoms with Crippen LogP contribution in [0, 0.1) is 6.92 Å². The number of hydrazone groups is 1. The largest absolute Gasteiger partial charge is 0.497 e. The van der Waals surface area contributed by atoms with Gasteiger partial charge in [-0.3, -0.25) is 4.79 Å². The number of nitrogens with zero attached hydrogens (tertiary/aromatic N) is 1. The maximum absolute atomic E-state index is 12.3. The number of amides is 1. The standard InChI is InChI=1S/C18H15ClN2O2S/c1-11-3-5-12(6-4-11)10-20-21-18(22)17-16(19)14-8-7-13(23-2)9-15(14)24-17/h3-10H,1-2H3,(H,21,22)/b20-10-. The van der Waals surface area contributed by atoms with Crippen LogP contribution in [0.5, 0.6) is 5.75 Å². The van der Waals surface area contributed by atoms with Gasteiger partial charge in [-0.15, -0.1) is 11.3 Å². The molecule has 0 unspecified atom stereocenters. The third kappa shape index (κ3) is 3.42. The third-order valence-electron chi connectivity index (χ3n) is 3.50. The lowest BCUT2D eigenvalue weighted by Crippen LogP contribution is -2.16. The number of hydrogen-bond donors (Lipinski definition) is 1. The minimum Gasteiger partial charge on any atom is -0.497 e. The summed E-state index contributed by atoms with van der Waals surface area (Å²) in [4.78, 5) is 12.7. The number of aryl methyl sites for hydroxylation is 1. The number of carbonyl (C=O) groups is 1. The molecule has 1 N–H and O–H groups in total. The van der Waals surface area contributed by atoms with E-state index in [1.807, 2.05) is 49.4 Å². The molecule has 0 fully saturated rings. The van der Waals surface area contributed by atoms with Gasteiger partial charge in [0, 0.05) is 10.1 Å². The van der Waals surface area contributed by atoms with E-state index in [9.17, 15) is 4.79 Å². The van der Waals surface area contributed by atoms with Crippen LogP contribution < -0.4 is 10.2 Å². The summed E-state index contributed by atoms with van der Waals surface area (Å²) in [5, 5.41) is 5.25. The second-order valence-electron chi connectivity index (χ2n) is 5.22. The molecule has 0 bridgehead atoms. The van der Waals surface area contributed by atoms with Crippen molar-refractivity contribution in [2.75, 3.05) is 7.11 Å². The van der Waals surface area contributed by atoms with Crippen molar-refractivity contribution in [2.45, 2.75) is 6.92 Å². The van der Waals surface area contributed by atoms with Crippen LogP contribution in [0.2, 0.25) is 5.02 Å². The van der Waals surface area contributed by atoms with Crippen LogP contribution >= 0.6 is 22.9 Å². The fourth-order valence-corrected chi connectivity index (χ4v) is 3.62. The molecule has 3 rings (SSSR count). The number of benzene rings is 2. The Morgan fingerprint density at radius 2 is 2.00 bits per heavy atom. The van der Waals surface area contributed by atoms with Gasteiger partial charge in [0.05, 0.1) is 18.3 Å². The highest BCUT2D eigenvalue weighted by Crippen LogP contribution is 2.37. The second kappa shape index (κ2) is 7.03. The van der Waals surface area contributed by atoms with Crippen molar-refractivity contribution in [2.24, 2.45) is 5.10 Å². The van der Waals surface area contributed by atoms with Crippen molar-refractivity contribution in [1.29, 1.82) is 0 Å². The summed E-state index contributed by atoms with van der Waals surface area (Å²) >= 11 is 7.63. The van der Waals surface area contributed by atoms with E-state index in [0.29, 0.717) is 9.90 Å². The van der Waals surface area contributed by atoms with Crippen molar-refractivity contribution in [1.82, 2.24) is 5.43 Å². The Morgan fingerprint density at radius 1 is 1.25 bits per heavy atom. The Bertz CT molecular complexity index is 917. The van der Waals surface area contributed by atoms with Gasteiger partial charge in [-0.25, -0.2) is 5.43 Å². The van der Waals surface area contributed by atoms with Crippen molar-refractivity contribution in [3.05, 3.63) is 63.5 Å². The highest BCUT2D eigenvalue weighted by atomic mass is 35.5. The first-order valence-electron chi connectivity index (χ1n) is 7.24. The maximum atomic E-state index is 12.3. The van der Waals surface area contributed by atoms with Crippen molar-refractivity contribution >= 4 is 45.1 Å². The predicted molar refractivity (Wildman–Crippen MR) is 99.6 cm³/mol. The summed E-state index contributed by atoms with van der Waals surface area (Å²) in [7, 11) is 1.60. The Morgan fingerprint density at radius 3 is 2.71 bits per heavy atom. The normalized spacial score (nSPS) is 11.1. The first kappa shape index (κ1) is 16.5. The van der Waals surface area contributed by atoms with Gasteiger partial charge in [-0.1, -0.05) is 41.4 Å². The zero-order valence-electron chi connectivity index (χ0n) is 13.2. The number of nitrogens with one attached hydrogen (secondary N) is 1. The Labute approximate surface area is 148 Å². The lowest BCUT2D eigenvalue weighted by molar-refractivity contribution is 0.0959. The molecule has 0 atom stereocenters. The first-order valence-corrected chi connectivity index (χ1v) is 8.44. The minimum absolute atomic E-state index is 0.330. The molecule has 4 nitrogen and oxygen atoms in total. The summed E-state index contributed by atoms with van der Waals surface area (Å²) in [5.41, 5.74) is 4.60. The van der Waals surface area contributed by atoms with Gasteiger partial charge in [-0.2, -0.15) is 5.10 Å². The van der Waals surface area contributed by atoms with Crippen LogP contribution in [0.3, 0.4) is 0 Å². The average molecular weight is 359 g/mol. The van der Waals surface area contributed by atoms with Crippen LogP contribution in [-0.2, 0) is 0 Å². The molecule has 0 radical (unpaired) electrons. The molecule has 24 heavy (non-hydrogen) atoms. The SMILES string of the molecule is COc1ccc2c(Cl)c(C(=O)N/N=C\c3ccc(C)cc3)sc2c1. The van der Waals surface area contributed by atoms with E-state index in [-0.39, 0.29) is 5.91 Å². The monoisotopic (exact) mass is 358 g/mol. The van der Waals surface area contributed by atoms with E-state index in [4.69, 9.17) is 16.3 Å². The van der Waals surface area contributed by atoms with Gasteiger partial charge in [0.25, 0.3) is 5.91 Å². The van der Waals surface area contributed by atoms with Gasteiger partial charge >= 0.3 is 0 Å². The average Bonchev–Trinajstić information content (AvgIpc) is 2.93. The zero-order valence-corrected chi connectivity index (χ0v) is 14.7. The number of fused-ring (bicyclic) bond motifs is 1. The molecule has 0 aliphatic rings. The molecule has 0 saturated heterocycles. The highest BCUT2D eigenvalue weighted by Gasteiger charge is 2.17. The molecule has 0 spiro atoms. The van der Waals surface area contributed by atoms with E-state index in [1.54, 1.807) is 13.3 Å². The lowest BCUT2D eigenvalue weighted by Gasteiger charge is -1.98. The first-order chi connectivity index (χ1) is 11.6. The van der Waals surface area contributed by atoms with Gasteiger partial charge in [0.2, 0.25) is 0 Å². The Balaban J connectivity index is 1.78. The minimum atomic E-state index is -0.330. The molecule has 1 heterocycles. The number of ether oxygens (including phenoxy) is 1. The van der Waals surface area contributed by atoms with Gasteiger partial charge in [0.15, 0.2) is 0 Å². The Kier molecular flexibility index (Phi) is 4.83. The predicted octanol–water partition coefficient (Wildman–Crippen LogP) is 4.64. The second-order valence-corrected chi connectivity index (χ2v) is 6.65. The van der Waals surface area contributed by atoms with Gasteiger partial charge < -0.3 is 4.74 Å². The highest BCUT2D eigenvalue weighted by molar-refractivity contribution is 7.21. The van der Waals surface area contributed by atoms with Crippen LogP contribution in [0.15, 0.2) is 47.6 Å². The van der Waals surface area contributed by atoms with Gasteiger partial charge in [0.1, 0.15) is 10.6 Å². The van der Waals surface area contributed by atoms with E-state index >= 15 is 0 Å². The number of rotatable bonds is 4. The molecule has 6 heteroatoms. The van der Waals surface area contributed by atoms with E-state index in [1.165, 1.54) is 16.9 Å². The summed E-state index contributed by atoms with van der Waals surface area (Å²) in [6.45, 7) is 2.02. The molecule has 0 aliphatic heterocycles. The topological polar surface area (TPSA) is 50.7 Å². The number of carbonyl (C=O) groups excluding carboxylic acids is 1. The van der Waals surface area contributed by atoms with Crippen LogP contribution in [0.1, 0.15) is 20.8 Å². The third-order valence-corrected chi connectivity index (χ3v) is 5.16. The number of thiophene rings is 1. The van der Waals surface area contributed by atoms with Crippen molar-refractivity contribution < 1.29 is 9.53 Å². The summed E-state index contributed by atoms with van der Waals surface area (Å²) in [5.74, 6) is 0.397. The molecule has 2 aromatic carbocycles. The quantitative estimate of drug-likeness (QED) is 0.545. The number of hydrogen-bond acceptors (Lipinski definition) is 4. The van der Waals surface area contributed by atoms with Crippen LogP contribution in [-0.4, -0.2) is 19.2 Å². The van der Waals surface area contributed by atoms with E-state index in [2.05, 4.69) is 10.5 Å². The van der Waals surface area contributed by atoms with E-state index < -0.39 is 0 Å². The number of methoxy groups -OCH3 is 1. The van der Waals surface area contributed by atoms with Gasteiger partial charge in [-0.05, 0) is 30.7 Å². The summed E-state index contributed by atoms with van der Waals surface area (Å²) in [6, 6.07) is 13.4.